The van der Waals surface area contributed by atoms with Crippen LogP contribution in [0.15, 0.2) is 30.9 Å². The van der Waals surface area contributed by atoms with E-state index in [9.17, 15) is 0 Å². The number of rotatable bonds is 9. The normalized spacial score (nSPS) is 10.5. The summed E-state index contributed by atoms with van der Waals surface area (Å²) in [6, 6.07) is 6.07. The monoisotopic (exact) mass is 264 g/mol. The molecule has 1 aromatic rings. The fourth-order valence-electron chi connectivity index (χ4n) is 1.87. The van der Waals surface area contributed by atoms with Gasteiger partial charge in [-0.3, -0.25) is 0 Å². The molecule has 0 spiro atoms. The van der Waals surface area contributed by atoms with E-state index in [2.05, 4.69) is 31.8 Å². The zero-order chi connectivity index (χ0) is 14.1. The first-order valence-corrected chi connectivity index (χ1v) is 6.99. The Morgan fingerprint density at radius 2 is 2.11 bits per heavy atom. The van der Waals surface area contributed by atoms with E-state index in [-0.39, 0.29) is 0 Å². The molecule has 106 valence electrons. The molecular weight excluding hydrogens is 238 g/mol. The number of quaternary nitrogens is 1. The standard InChI is InChI=1S/C16H25NO2/c1-5-10-19-16-14(12-17-11-13(3)4)8-7-9-15(16)18-6-2/h5,7-9,13,17H,1,6,10-12H2,2-4H3/p+1. The number of benzene rings is 1. The first kappa shape index (κ1) is 15.6. The average Bonchev–Trinajstić information content (AvgIpc) is 2.38. The van der Waals surface area contributed by atoms with Crippen LogP contribution in [0.5, 0.6) is 11.5 Å². The molecule has 0 unspecified atom stereocenters. The van der Waals surface area contributed by atoms with Gasteiger partial charge in [0.1, 0.15) is 13.2 Å². The quantitative estimate of drug-likeness (QED) is 0.695. The summed E-state index contributed by atoms with van der Waals surface area (Å²) < 4.78 is 11.4. The fraction of sp³-hybridized carbons (Fsp3) is 0.500. The van der Waals surface area contributed by atoms with Gasteiger partial charge >= 0.3 is 0 Å². The van der Waals surface area contributed by atoms with Gasteiger partial charge < -0.3 is 14.8 Å². The third-order valence-electron chi connectivity index (χ3n) is 2.71. The van der Waals surface area contributed by atoms with Crippen LogP contribution in [-0.4, -0.2) is 19.8 Å². The molecule has 0 aliphatic heterocycles. The molecule has 0 fully saturated rings. The summed E-state index contributed by atoms with van der Waals surface area (Å²) >= 11 is 0. The molecule has 19 heavy (non-hydrogen) atoms. The zero-order valence-corrected chi connectivity index (χ0v) is 12.3. The minimum Gasteiger partial charge on any atom is -0.490 e. The lowest BCUT2D eigenvalue weighted by molar-refractivity contribution is -0.675. The first-order valence-electron chi connectivity index (χ1n) is 6.99. The van der Waals surface area contributed by atoms with Crippen molar-refractivity contribution in [1.29, 1.82) is 0 Å². The Labute approximate surface area is 116 Å². The maximum absolute atomic E-state index is 5.76. The van der Waals surface area contributed by atoms with Crippen LogP contribution >= 0.6 is 0 Å². The summed E-state index contributed by atoms with van der Waals surface area (Å²) in [5.41, 5.74) is 1.17. The van der Waals surface area contributed by atoms with Crippen LogP contribution in [0.2, 0.25) is 0 Å². The zero-order valence-electron chi connectivity index (χ0n) is 12.3. The molecule has 0 saturated carbocycles. The van der Waals surface area contributed by atoms with Crippen molar-refractivity contribution in [3.05, 3.63) is 36.4 Å². The molecule has 1 aromatic carbocycles. The van der Waals surface area contributed by atoms with Gasteiger partial charge in [-0.2, -0.15) is 0 Å². The first-order chi connectivity index (χ1) is 9.19. The molecule has 1 rings (SSSR count). The van der Waals surface area contributed by atoms with Gasteiger partial charge in [0.2, 0.25) is 0 Å². The molecule has 0 aliphatic carbocycles. The second-order valence-electron chi connectivity index (χ2n) is 4.90. The summed E-state index contributed by atoms with van der Waals surface area (Å²) in [4.78, 5) is 0. The van der Waals surface area contributed by atoms with Crippen molar-refractivity contribution < 1.29 is 14.8 Å². The lowest BCUT2D eigenvalue weighted by atomic mass is 10.1. The Balaban J connectivity index is 2.81. The van der Waals surface area contributed by atoms with Crippen LogP contribution in [0.25, 0.3) is 0 Å². The summed E-state index contributed by atoms with van der Waals surface area (Å²) in [5.74, 6) is 2.36. The smallest absolute Gasteiger partial charge is 0.170 e. The predicted molar refractivity (Wildman–Crippen MR) is 78.6 cm³/mol. The van der Waals surface area contributed by atoms with E-state index in [0.717, 1.165) is 24.6 Å². The number of hydrogen-bond acceptors (Lipinski definition) is 2. The lowest BCUT2D eigenvalue weighted by Crippen LogP contribution is -2.83. The Morgan fingerprint density at radius 1 is 1.32 bits per heavy atom. The largest absolute Gasteiger partial charge is 0.490 e. The number of ether oxygens (including phenoxy) is 2. The van der Waals surface area contributed by atoms with Gasteiger partial charge in [0.15, 0.2) is 11.5 Å². The Bertz CT molecular complexity index is 388. The molecule has 3 nitrogen and oxygen atoms in total. The van der Waals surface area contributed by atoms with Gasteiger partial charge in [-0.05, 0) is 19.1 Å². The van der Waals surface area contributed by atoms with Crippen molar-refractivity contribution in [3.63, 3.8) is 0 Å². The molecule has 0 heterocycles. The van der Waals surface area contributed by atoms with Crippen LogP contribution in [0.4, 0.5) is 0 Å². The number of nitrogens with two attached hydrogens (primary N) is 1. The van der Waals surface area contributed by atoms with Crippen molar-refractivity contribution in [3.8, 4) is 11.5 Å². The highest BCUT2D eigenvalue weighted by atomic mass is 16.5. The maximum atomic E-state index is 5.76. The molecule has 2 N–H and O–H groups in total. The van der Waals surface area contributed by atoms with Gasteiger partial charge in [0.05, 0.1) is 18.7 Å². The molecule has 0 aromatic heterocycles. The molecule has 0 aliphatic rings. The average molecular weight is 264 g/mol. The van der Waals surface area contributed by atoms with E-state index >= 15 is 0 Å². The Kier molecular flexibility index (Phi) is 7.04. The van der Waals surface area contributed by atoms with Gasteiger partial charge in [0.25, 0.3) is 0 Å². The lowest BCUT2D eigenvalue weighted by Gasteiger charge is -2.14. The molecule has 0 radical (unpaired) electrons. The second-order valence-corrected chi connectivity index (χ2v) is 4.90. The summed E-state index contributed by atoms with van der Waals surface area (Å²) in [5, 5.41) is 2.30. The van der Waals surface area contributed by atoms with Crippen molar-refractivity contribution in [2.24, 2.45) is 5.92 Å². The minimum atomic E-state index is 0.501. The summed E-state index contributed by atoms with van der Waals surface area (Å²) in [7, 11) is 0. The van der Waals surface area contributed by atoms with E-state index in [1.54, 1.807) is 6.08 Å². The second kappa shape index (κ2) is 8.59. The van der Waals surface area contributed by atoms with Crippen LogP contribution in [-0.2, 0) is 6.54 Å². The highest BCUT2D eigenvalue weighted by molar-refractivity contribution is 5.46. The van der Waals surface area contributed by atoms with E-state index in [1.807, 2.05) is 19.1 Å². The molecule has 3 heteroatoms. The van der Waals surface area contributed by atoms with Crippen LogP contribution in [0.1, 0.15) is 26.3 Å². The minimum absolute atomic E-state index is 0.501. The third kappa shape index (κ3) is 5.35. The van der Waals surface area contributed by atoms with E-state index in [0.29, 0.717) is 19.1 Å². The Morgan fingerprint density at radius 3 is 2.74 bits per heavy atom. The van der Waals surface area contributed by atoms with Crippen molar-refractivity contribution in [1.82, 2.24) is 0 Å². The number of hydrogen-bond donors (Lipinski definition) is 1. The molecular formula is C16H26NO2+. The summed E-state index contributed by atoms with van der Waals surface area (Å²) in [6.07, 6.45) is 1.75. The van der Waals surface area contributed by atoms with E-state index < -0.39 is 0 Å². The summed E-state index contributed by atoms with van der Waals surface area (Å²) in [6.45, 7) is 13.3. The topological polar surface area (TPSA) is 35.1 Å². The molecule has 0 amide bonds. The third-order valence-corrected chi connectivity index (χ3v) is 2.71. The van der Waals surface area contributed by atoms with Crippen LogP contribution < -0.4 is 14.8 Å². The SMILES string of the molecule is C=CCOc1c(C[NH2+]CC(C)C)cccc1OCC. The van der Waals surface area contributed by atoms with E-state index in [1.165, 1.54) is 5.56 Å². The maximum Gasteiger partial charge on any atom is 0.170 e. The molecule has 0 saturated heterocycles. The van der Waals surface area contributed by atoms with Crippen molar-refractivity contribution in [2.75, 3.05) is 19.8 Å². The Hall–Kier alpha value is -1.48. The fourth-order valence-corrected chi connectivity index (χ4v) is 1.87. The van der Waals surface area contributed by atoms with Gasteiger partial charge in [-0.25, -0.2) is 0 Å². The van der Waals surface area contributed by atoms with Gasteiger partial charge in [0, 0.05) is 5.92 Å². The van der Waals surface area contributed by atoms with Gasteiger partial charge in [-0.1, -0.05) is 32.6 Å². The van der Waals surface area contributed by atoms with E-state index in [4.69, 9.17) is 9.47 Å². The highest BCUT2D eigenvalue weighted by Crippen LogP contribution is 2.31. The van der Waals surface area contributed by atoms with Crippen molar-refractivity contribution >= 4 is 0 Å². The molecule has 0 atom stereocenters. The van der Waals surface area contributed by atoms with Crippen molar-refractivity contribution in [2.45, 2.75) is 27.3 Å². The van der Waals surface area contributed by atoms with Crippen LogP contribution in [0.3, 0.4) is 0 Å². The highest BCUT2D eigenvalue weighted by Gasteiger charge is 2.12. The predicted octanol–water partition coefficient (Wildman–Crippen LogP) is 2.37. The van der Waals surface area contributed by atoms with Crippen LogP contribution in [0, 0.1) is 5.92 Å². The number of para-hydroxylation sites is 1. The van der Waals surface area contributed by atoms with Gasteiger partial charge in [-0.15, -0.1) is 0 Å². The molecule has 0 bridgehead atoms.